The van der Waals surface area contributed by atoms with Crippen molar-refractivity contribution < 1.29 is 13.9 Å². The predicted molar refractivity (Wildman–Crippen MR) is 101 cm³/mol. The SMILES string of the molecule is C[C@H](Oc1ccc(F)cc1)C(=O)NCc1ccc(N2CCCCC2)cc1. The summed E-state index contributed by atoms with van der Waals surface area (Å²) in [6, 6.07) is 14.0. The van der Waals surface area contributed by atoms with Crippen molar-refractivity contribution in [3.8, 4) is 5.75 Å². The normalized spacial score (nSPS) is 15.4. The molecule has 2 aromatic rings. The summed E-state index contributed by atoms with van der Waals surface area (Å²) in [5, 5.41) is 2.88. The van der Waals surface area contributed by atoms with Crippen molar-refractivity contribution in [2.45, 2.75) is 38.8 Å². The summed E-state index contributed by atoms with van der Waals surface area (Å²) in [5.74, 6) is -0.0585. The van der Waals surface area contributed by atoms with Crippen LogP contribution in [-0.4, -0.2) is 25.1 Å². The Hall–Kier alpha value is -2.56. The smallest absolute Gasteiger partial charge is 0.261 e. The Kier molecular flexibility index (Phi) is 6.10. The lowest BCUT2D eigenvalue weighted by Gasteiger charge is -2.28. The van der Waals surface area contributed by atoms with Gasteiger partial charge < -0.3 is 15.0 Å². The monoisotopic (exact) mass is 356 g/mol. The van der Waals surface area contributed by atoms with E-state index in [0.717, 1.165) is 18.7 Å². The Bertz CT molecular complexity index is 710. The molecule has 1 N–H and O–H groups in total. The van der Waals surface area contributed by atoms with Crippen LogP contribution in [0.15, 0.2) is 48.5 Å². The number of ether oxygens (including phenoxy) is 1. The van der Waals surface area contributed by atoms with Crippen LogP contribution in [0.25, 0.3) is 0 Å². The average Bonchev–Trinajstić information content (AvgIpc) is 2.69. The number of carbonyl (C=O) groups is 1. The van der Waals surface area contributed by atoms with Crippen molar-refractivity contribution in [3.63, 3.8) is 0 Å². The van der Waals surface area contributed by atoms with Gasteiger partial charge in [0.05, 0.1) is 0 Å². The molecule has 26 heavy (non-hydrogen) atoms. The van der Waals surface area contributed by atoms with Gasteiger partial charge in [0.1, 0.15) is 11.6 Å². The lowest BCUT2D eigenvalue weighted by atomic mass is 10.1. The van der Waals surface area contributed by atoms with E-state index >= 15 is 0 Å². The Morgan fingerprint density at radius 3 is 2.38 bits per heavy atom. The molecule has 1 saturated heterocycles. The van der Waals surface area contributed by atoms with Crippen LogP contribution >= 0.6 is 0 Å². The summed E-state index contributed by atoms with van der Waals surface area (Å²) < 4.78 is 18.4. The van der Waals surface area contributed by atoms with Crippen LogP contribution in [0.3, 0.4) is 0 Å². The largest absolute Gasteiger partial charge is 0.481 e. The molecule has 138 valence electrons. The number of benzene rings is 2. The number of carbonyl (C=O) groups excluding carboxylic acids is 1. The molecule has 1 aliphatic heterocycles. The zero-order chi connectivity index (χ0) is 18.4. The Labute approximate surface area is 154 Å². The molecule has 1 aliphatic rings. The first-order valence-corrected chi connectivity index (χ1v) is 9.15. The number of amides is 1. The van der Waals surface area contributed by atoms with Crippen molar-refractivity contribution >= 4 is 11.6 Å². The van der Waals surface area contributed by atoms with Gasteiger partial charge in [-0.05, 0) is 68.1 Å². The van der Waals surface area contributed by atoms with Gasteiger partial charge in [-0.2, -0.15) is 0 Å². The summed E-state index contributed by atoms with van der Waals surface area (Å²) in [6.45, 7) is 4.37. The van der Waals surface area contributed by atoms with E-state index in [1.54, 1.807) is 6.92 Å². The number of nitrogens with zero attached hydrogens (tertiary/aromatic N) is 1. The summed E-state index contributed by atoms with van der Waals surface area (Å²) >= 11 is 0. The van der Waals surface area contributed by atoms with Crippen LogP contribution < -0.4 is 15.0 Å². The first kappa shape index (κ1) is 18.2. The van der Waals surface area contributed by atoms with E-state index < -0.39 is 6.10 Å². The van der Waals surface area contributed by atoms with Gasteiger partial charge in [-0.15, -0.1) is 0 Å². The average molecular weight is 356 g/mol. The van der Waals surface area contributed by atoms with Crippen LogP contribution in [0, 0.1) is 5.82 Å². The van der Waals surface area contributed by atoms with Gasteiger partial charge in [-0.25, -0.2) is 4.39 Å². The second kappa shape index (κ2) is 8.70. The molecule has 1 amide bonds. The maximum Gasteiger partial charge on any atom is 0.261 e. The maximum absolute atomic E-state index is 12.9. The molecule has 0 spiro atoms. The minimum absolute atomic E-state index is 0.200. The molecule has 0 bridgehead atoms. The zero-order valence-electron chi connectivity index (χ0n) is 15.1. The highest BCUT2D eigenvalue weighted by molar-refractivity contribution is 5.80. The highest BCUT2D eigenvalue weighted by atomic mass is 19.1. The number of piperidine rings is 1. The number of halogens is 1. The van der Waals surface area contributed by atoms with Crippen LogP contribution in [0.1, 0.15) is 31.7 Å². The van der Waals surface area contributed by atoms with E-state index in [-0.39, 0.29) is 11.7 Å². The molecule has 0 aliphatic carbocycles. The molecule has 1 fully saturated rings. The van der Waals surface area contributed by atoms with Gasteiger partial charge in [0.15, 0.2) is 6.10 Å². The van der Waals surface area contributed by atoms with Crippen LogP contribution in [0.4, 0.5) is 10.1 Å². The third-order valence-corrected chi connectivity index (χ3v) is 4.62. The van der Waals surface area contributed by atoms with Crippen LogP contribution in [-0.2, 0) is 11.3 Å². The predicted octanol–water partition coefficient (Wildman–Crippen LogP) is 3.90. The maximum atomic E-state index is 12.9. The van der Waals surface area contributed by atoms with E-state index in [1.165, 1.54) is 49.2 Å². The number of anilines is 1. The minimum atomic E-state index is -0.645. The van der Waals surface area contributed by atoms with Crippen molar-refractivity contribution in [1.29, 1.82) is 0 Å². The van der Waals surface area contributed by atoms with E-state index in [0.29, 0.717) is 12.3 Å². The second-order valence-corrected chi connectivity index (χ2v) is 6.65. The van der Waals surface area contributed by atoms with E-state index in [2.05, 4.69) is 34.5 Å². The van der Waals surface area contributed by atoms with Gasteiger partial charge in [-0.3, -0.25) is 4.79 Å². The van der Waals surface area contributed by atoms with Crippen molar-refractivity contribution in [2.24, 2.45) is 0 Å². The molecule has 0 radical (unpaired) electrons. The van der Waals surface area contributed by atoms with E-state index in [4.69, 9.17) is 4.74 Å². The lowest BCUT2D eigenvalue weighted by Crippen LogP contribution is -2.35. The fraction of sp³-hybridized carbons (Fsp3) is 0.381. The molecule has 4 nitrogen and oxygen atoms in total. The first-order chi connectivity index (χ1) is 12.6. The molecular formula is C21H25FN2O2. The molecule has 0 saturated carbocycles. The minimum Gasteiger partial charge on any atom is -0.481 e. The van der Waals surface area contributed by atoms with Crippen molar-refractivity contribution in [2.75, 3.05) is 18.0 Å². The summed E-state index contributed by atoms with van der Waals surface area (Å²) in [7, 11) is 0. The highest BCUT2D eigenvalue weighted by Gasteiger charge is 2.15. The molecule has 2 aromatic carbocycles. The number of hydrogen-bond acceptors (Lipinski definition) is 3. The molecule has 5 heteroatoms. The third-order valence-electron chi connectivity index (χ3n) is 4.62. The molecule has 1 atom stereocenters. The third kappa shape index (κ3) is 4.97. The fourth-order valence-corrected chi connectivity index (χ4v) is 3.08. The van der Waals surface area contributed by atoms with Gasteiger partial charge in [0, 0.05) is 25.3 Å². The molecule has 3 rings (SSSR count). The number of hydrogen-bond donors (Lipinski definition) is 1. The Morgan fingerprint density at radius 1 is 1.08 bits per heavy atom. The fourth-order valence-electron chi connectivity index (χ4n) is 3.08. The zero-order valence-corrected chi connectivity index (χ0v) is 15.1. The quantitative estimate of drug-likeness (QED) is 0.853. The van der Waals surface area contributed by atoms with Crippen molar-refractivity contribution in [3.05, 3.63) is 59.9 Å². The Morgan fingerprint density at radius 2 is 1.73 bits per heavy atom. The van der Waals surface area contributed by atoms with Crippen LogP contribution in [0.5, 0.6) is 5.75 Å². The number of nitrogens with one attached hydrogen (secondary N) is 1. The standard InChI is InChI=1S/C21H25FN2O2/c1-16(26-20-11-7-18(22)8-12-20)21(25)23-15-17-5-9-19(10-6-17)24-13-3-2-4-14-24/h5-12,16H,2-4,13-15H2,1H3,(H,23,25)/t16-/m0/s1. The number of rotatable bonds is 6. The van der Waals surface area contributed by atoms with Gasteiger partial charge in [-0.1, -0.05) is 12.1 Å². The Balaban J connectivity index is 1.48. The summed E-state index contributed by atoms with van der Waals surface area (Å²) in [5.41, 5.74) is 2.29. The highest BCUT2D eigenvalue weighted by Crippen LogP contribution is 2.20. The second-order valence-electron chi connectivity index (χ2n) is 6.65. The van der Waals surface area contributed by atoms with Gasteiger partial charge in [0.25, 0.3) is 5.91 Å². The van der Waals surface area contributed by atoms with Crippen LogP contribution in [0.2, 0.25) is 0 Å². The molecular weight excluding hydrogens is 331 g/mol. The van der Waals surface area contributed by atoms with Gasteiger partial charge in [0.2, 0.25) is 0 Å². The summed E-state index contributed by atoms with van der Waals surface area (Å²) in [6.07, 6.45) is 3.18. The topological polar surface area (TPSA) is 41.6 Å². The first-order valence-electron chi connectivity index (χ1n) is 9.15. The summed E-state index contributed by atoms with van der Waals surface area (Å²) in [4.78, 5) is 14.6. The van der Waals surface area contributed by atoms with Gasteiger partial charge >= 0.3 is 0 Å². The van der Waals surface area contributed by atoms with E-state index in [1.807, 2.05) is 0 Å². The van der Waals surface area contributed by atoms with E-state index in [9.17, 15) is 9.18 Å². The lowest BCUT2D eigenvalue weighted by molar-refractivity contribution is -0.127. The molecule has 0 unspecified atom stereocenters. The molecule has 1 heterocycles. The van der Waals surface area contributed by atoms with Crippen molar-refractivity contribution in [1.82, 2.24) is 5.32 Å². The molecule has 0 aromatic heterocycles.